The van der Waals surface area contributed by atoms with Gasteiger partial charge in [-0.2, -0.15) is 0 Å². The predicted molar refractivity (Wildman–Crippen MR) is 104 cm³/mol. The highest BCUT2D eigenvalue weighted by Gasteiger charge is 2.36. The van der Waals surface area contributed by atoms with Crippen LogP contribution in [0, 0.1) is 5.92 Å². The molecule has 0 bridgehead atoms. The summed E-state index contributed by atoms with van der Waals surface area (Å²) in [6.07, 6.45) is 2.49. The molecule has 2 aromatic rings. The standard InChI is InChI=1S/C21H25N3O4/c1-3-15-7-4-5-9-18(15)24-13-16(11-19(24)25)21(27)23-14(2)20(26)22-12-17-8-6-10-28-17/h4-10,14,16H,3,11-13H2,1-2H3,(H,22,26)(H,23,27). The van der Waals surface area contributed by atoms with E-state index in [1.807, 2.05) is 31.2 Å². The number of hydrogen-bond donors (Lipinski definition) is 2. The summed E-state index contributed by atoms with van der Waals surface area (Å²) < 4.78 is 5.17. The second-order valence-electron chi connectivity index (χ2n) is 6.92. The van der Waals surface area contributed by atoms with Crippen molar-refractivity contribution in [3.05, 3.63) is 54.0 Å². The van der Waals surface area contributed by atoms with Crippen molar-refractivity contribution in [2.45, 2.75) is 39.3 Å². The fourth-order valence-corrected chi connectivity index (χ4v) is 3.33. The fourth-order valence-electron chi connectivity index (χ4n) is 3.33. The van der Waals surface area contributed by atoms with E-state index in [1.165, 1.54) is 6.26 Å². The summed E-state index contributed by atoms with van der Waals surface area (Å²) >= 11 is 0. The molecular formula is C21H25N3O4. The molecule has 2 atom stereocenters. The number of nitrogens with zero attached hydrogens (tertiary/aromatic N) is 1. The highest BCUT2D eigenvalue weighted by Crippen LogP contribution is 2.28. The van der Waals surface area contributed by atoms with E-state index >= 15 is 0 Å². The zero-order chi connectivity index (χ0) is 20.1. The number of aryl methyl sites for hydroxylation is 1. The molecule has 148 valence electrons. The lowest BCUT2D eigenvalue weighted by molar-refractivity contribution is -0.131. The van der Waals surface area contributed by atoms with Gasteiger partial charge in [0.05, 0.1) is 18.7 Å². The third kappa shape index (κ3) is 4.42. The van der Waals surface area contributed by atoms with Crippen molar-refractivity contribution in [1.82, 2.24) is 10.6 Å². The maximum absolute atomic E-state index is 12.6. The monoisotopic (exact) mass is 383 g/mol. The molecule has 0 spiro atoms. The average Bonchev–Trinajstić information content (AvgIpc) is 3.35. The third-order valence-electron chi connectivity index (χ3n) is 4.93. The summed E-state index contributed by atoms with van der Waals surface area (Å²) in [5.41, 5.74) is 1.93. The summed E-state index contributed by atoms with van der Waals surface area (Å²) in [7, 11) is 0. The van der Waals surface area contributed by atoms with Gasteiger partial charge in [0.2, 0.25) is 17.7 Å². The normalized spacial score (nSPS) is 17.4. The highest BCUT2D eigenvalue weighted by atomic mass is 16.3. The van der Waals surface area contributed by atoms with Crippen molar-refractivity contribution in [2.24, 2.45) is 5.92 Å². The number of amides is 3. The van der Waals surface area contributed by atoms with E-state index in [2.05, 4.69) is 10.6 Å². The predicted octanol–water partition coefficient (Wildman–Crippen LogP) is 2.02. The van der Waals surface area contributed by atoms with Gasteiger partial charge in [-0.15, -0.1) is 0 Å². The molecule has 1 aromatic heterocycles. The maximum atomic E-state index is 12.6. The third-order valence-corrected chi connectivity index (χ3v) is 4.93. The minimum atomic E-state index is -0.699. The van der Waals surface area contributed by atoms with Crippen molar-refractivity contribution in [3.63, 3.8) is 0 Å². The number of anilines is 1. The molecular weight excluding hydrogens is 358 g/mol. The number of rotatable bonds is 7. The summed E-state index contributed by atoms with van der Waals surface area (Å²) in [4.78, 5) is 38.9. The zero-order valence-corrected chi connectivity index (χ0v) is 16.1. The number of furan rings is 1. The van der Waals surface area contributed by atoms with Gasteiger partial charge >= 0.3 is 0 Å². The Morgan fingerprint density at radius 3 is 2.75 bits per heavy atom. The first-order chi connectivity index (χ1) is 13.5. The van der Waals surface area contributed by atoms with Gasteiger partial charge in [-0.1, -0.05) is 25.1 Å². The van der Waals surface area contributed by atoms with Crippen LogP contribution in [0.5, 0.6) is 0 Å². The van der Waals surface area contributed by atoms with E-state index in [0.29, 0.717) is 12.3 Å². The lowest BCUT2D eigenvalue weighted by atomic mass is 10.1. The van der Waals surface area contributed by atoms with Crippen LogP contribution in [0.3, 0.4) is 0 Å². The molecule has 3 amide bonds. The Kier molecular flexibility index (Phi) is 6.13. The molecule has 2 unspecified atom stereocenters. The van der Waals surface area contributed by atoms with E-state index < -0.39 is 12.0 Å². The topological polar surface area (TPSA) is 91.7 Å². The first-order valence-electron chi connectivity index (χ1n) is 9.48. The minimum absolute atomic E-state index is 0.0732. The molecule has 2 N–H and O–H groups in total. The molecule has 2 heterocycles. The van der Waals surface area contributed by atoms with Crippen LogP contribution in [-0.2, 0) is 27.3 Å². The van der Waals surface area contributed by atoms with E-state index in [0.717, 1.165) is 17.7 Å². The van der Waals surface area contributed by atoms with Crippen LogP contribution < -0.4 is 15.5 Å². The fraction of sp³-hybridized carbons (Fsp3) is 0.381. The van der Waals surface area contributed by atoms with E-state index in [9.17, 15) is 14.4 Å². The van der Waals surface area contributed by atoms with Gasteiger partial charge in [0.15, 0.2) is 0 Å². The van der Waals surface area contributed by atoms with Crippen molar-refractivity contribution in [2.75, 3.05) is 11.4 Å². The van der Waals surface area contributed by atoms with Gasteiger partial charge in [0, 0.05) is 18.7 Å². The molecule has 1 aliphatic rings. The number of nitrogens with one attached hydrogen (secondary N) is 2. The quantitative estimate of drug-likeness (QED) is 0.765. The van der Waals surface area contributed by atoms with Crippen molar-refractivity contribution < 1.29 is 18.8 Å². The largest absolute Gasteiger partial charge is 0.467 e. The highest BCUT2D eigenvalue weighted by molar-refractivity contribution is 6.01. The SMILES string of the molecule is CCc1ccccc1N1CC(C(=O)NC(C)C(=O)NCc2ccco2)CC1=O. The summed E-state index contributed by atoms with van der Waals surface area (Å²) in [6.45, 7) is 4.24. The smallest absolute Gasteiger partial charge is 0.242 e. The van der Waals surface area contributed by atoms with Crippen molar-refractivity contribution in [3.8, 4) is 0 Å². The Morgan fingerprint density at radius 1 is 1.25 bits per heavy atom. The Balaban J connectivity index is 1.56. The van der Waals surface area contributed by atoms with Gasteiger partial charge in [-0.3, -0.25) is 14.4 Å². The zero-order valence-electron chi connectivity index (χ0n) is 16.1. The Morgan fingerprint density at radius 2 is 2.04 bits per heavy atom. The van der Waals surface area contributed by atoms with Gasteiger partial charge in [0.1, 0.15) is 11.8 Å². The van der Waals surface area contributed by atoms with Crippen molar-refractivity contribution >= 4 is 23.4 Å². The first-order valence-corrected chi connectivity index (χ1v) is 9.48. The van der Waals surface area contributed by atoms with Crippen LogP contribution in [0.1, 0.15) is 31.6 Å². The van der Waals surface area contributed by atoms with Crippen LogP contribution in [-0.4, -0.2) is 30.3 Å². The molecule has 0 saturated carbocycles. The second-order valence-corrected chi connectivity index (χ2v) is 6.92. The van der Waals surface area contributed by atoms with Crippen LogP contribution in [0.2, 0.25) is 0 Å². The number of hydrogen-bond acceptors (Lipinski definition) is 4. The van der Waals surface area contributed by atoms with Crippen LogP contribution >= 0.6 is 0 Å². The molecule has 7 nitrogen and oxygen atoms in total. The van der Waals surface area contributed by atoms with Crippen LogP contribution in [0.25, 0.3) is 0 Å². The Hall–Kier alpha value is -3.09. The van der Waals surface area contributed by atoms with E-state index in [4.69, 9.17) is 4.42 Å². The molecule has 1 aromatic carbocycles. The van der Waals surface area contributed by atoms with Crippen LogP contribution in [0.4, 0.5) is 5.69 Å². The number of benzene rings is 1. The van der Waals surface area contributed by atoms with E-state index in [1.54, 1.807) is 24.0 Å². The molecule has 1 aliphatic heterocycles. The second kappa shape index (κ2) is 8.73. The molecule has 7 heteroatoms. The Bertz CT molecular complexity index is 847. The summed E-state index contributed by atoms with van der Waals surface area (Å²) in [6, 6.07) is 10.5. The number of carbonyl (C=O) groups is 3. The number of carbonyl (C=O) groups excluding carboxylic acids is 3. The van der Waals surface area contributed by atoms with Gasteiger partial charge < -0.3 is 20.0 Å². The molecule has 0 aliphatic carbocycles. The lowest BCUT2D eigenvalue weighted by Gasteiger charge is -2.20. The molecule has 0 radical (unpaired) electrons. The lowest BCUT2D eigenvalue weighted by Crippen LogP contribution is -2.46. The van der Waals surface area contributed by atoms with E-state index in [-0.39, 0.29) is 30.7 Å². The van der Waals surface area contributed by atoms with Crippen molar-refractivity contribution in [1.29, 1.82) is 0 Å². The molecule has 1 fully saturated rings. The number of para-hydroxylation sites is 1. The molecule has 1 saturated heterocycles. The minimum Gasteiger partial charge on any atom is -0.467 e. The molecule has 3 rings (SSSR count). The van der Waals surface area contributed by atoms with Crippen LogP contribution in [0.15, 0.2) is 47.1 Å². The summed E-state index contributed by atoms with van der Waals surface area (Å²) in [5, 5.41) is 5.43. The molecule has 28 heavy (non-hydrogen) atoms. The summed E-state index contributed by atoms with van der Waals surface area (Å²) in [5.74, 6) is -0.500. The van der Waals surface area contributed by atoms with Gasteiger partial charge in [-0.05, 0) is 37.1 Å². The Labute approximate surface area is 164 Å². The first kappa shape index (κ1) is 19.7. The van der Waals surface area contributed by atoms with Gasteiger partial charge in [-0.25, -0.2) is 0 Å². The average molecular weight is 383 g/mol. The maximum Gasteiger partial charge on any atom is 0.242 e. The van der Waals surface area contributed by atoms with Gasteiger partial charge in [0.25, 0.3) is 0 Å².